The summed E-state index contributed by atoms with van der Waals surface area (Å²) in [6, 6.07) is 1.34. The molecule has 0 radical (unpaired) electrons. The summed E-state index contributed by atoms with van der Waals surface area (Å²) in [7, 11) is 0. The molecule has 0 atom stereocenters. The molecule has 1 heterocycles. The lowest BCUT2D eigenvalue weighted by Gasteiger charge is -2.07. The molecule has 0 saturated carbocycles. The van der Waals surface area contributed by atoms with Crippen LogP contribution in [0.25, 0.3) is 0 Å². The molecular formula is C9H11N5O5. The molecule has 0 aliphatic rings. The van der Waals surface area contributed by atoms with E-state index < -0.39 is 16.9 Å². The van der Waals surface area contributed by atoms with Crippen molar-refractivity contribution in [3.63, 3.8) is 0 Å². The Balaban J connectivity index is 2.82. The number of hydrogen-bond donors (Lipinski definition) is 4. The molecule has 0 saturated heterocycles. The number of rotatable bonds is 6. The number of carboxylic acid groups (broad SMARTS) is 1. The van der Waals surface area contributed by atoms with Crippen molar-refractivity contribution in [2.75, 3.05) is 18.4 Å². The van der Waals surface area contributed by atoms with Crippen molar-refractivity contribution in [1.29, 1.82) is 0 Å². The lowest BCUT2D eigenvalue weighted by molar-refractivity contribution is -0.384. The number of aromatic nitrogens is 1. The van der Waals surface area contributed by atoms with Crippen LogP contribution in [0.1, 0.15) is 10.5 Å². The van der Waals surface area contributed by atoms with Crippen LogP contribution in [-0.2, 0) is 0 Å². The largest absolute Gasteiger partial charge is 0.477 e. The molecule has 10 heteroatoms. The summed E-state index contributed by atoms with van der Waals surface area (Å²) in [6.45, 7) is 0.227. The molecule has 19 heavy (non-hydrogen) atoms. The Hall–Kier alpha value is -2.91. The number of pyridine rings is 1. The number of nitrogens with two attached hydrogens (primary N) is 1. The number of hydrogen-bond acceptors (Lipinski definition) is 6. The van der Waals surface area contributed by atoms with Crippen LogP contribution in [0.5, 0.6) is 0 Å². The van der Waals surface area contributed by atoms with E-state index >= 15 is 0 Å². The van der Waals surface area contributed by atoms with Crippen LogP contribution in [-0.4, -0.2) is 40.1 Å². The number of carbonyl (C=O) groups is 2. The summed E-state index contributed by atoms with van der Waals surface area (Å²) in [4.78, 5) is 34.8. The molecule has 1 aromatic rings. The number of nitro groups is 1. The van der Waals surface area contributed by atoms with Gasteiger partial charge in [0, 0.05) is 19.2 Å². The highest BCUT2D eigenvalue weighted by atomic mass is 16.6. The van der Waals surface area contributed by atoms with Crippen molar-refractivity contribution in [2.24, 2.45) is 5.73 Å². The van der Waals surface area contributed by atoms with Crippen LogP contribution in [0.3, 0.4) is 0 Å². The highest BCUT2D eigenvalue weighted by molar-refractivity contribution is 5.86. The van der Waals surface area contributed by atoms with E-state index in [2.05, 4.69) is 15.6 Å². The average Bonchev–Trinajstić information content (AvgIpc) is 2.33. The predicted octanol–water partition coefficient (Wildman–Crippen LogP) is -0.232. The van der Waals surface area contributed by atoms with Crippen molar-refractivity contribution in [1.82, 2.24) is 10.3 Å². The van der Waals surface area contributed by atoms with Gasteiger partial charge in [-0.15, -0.1) is 0 Å². The molecule has 5 N–H and O–H groups in total. The minimum atomic E-state index is -1.30. The van der Waals surface area contributed by atoms with E-state index in [1.165, 1.54) is 0 Å². The number of nitrogens with one attached hydrogen (secondary N) is 2. The van der Waals surface area contributed by atoms with Crippen LogP contribution in [0.2, 0.25) is 0 Å². The first kappa shape index (κ1) is 14.2. The smallest absolute Gasteiger partial charge is 0.354 e. The molecular weight excluding hydrogens is 258 g/mol. The standard InChI is InChI=1S/C9H11N5O5/c10-9(17)12-4-3-11-7-6(14(18)19)2-1-5(13-7)8(15)16/h1-2H,3-4H2,(H,11,13)(H,15,16)(H3,10,12,17). The SMILES string of the molecule is NC(=O)NCCNc1nc(C(=O)O)ccc1[N+](=O)[O-]. The summed E-state index contributed by atoms with van der Waals surface area (Å²) in [6.07, 6.45) is 0. The van der Waals surface area contributed by atoms with E-state index in [1.807, 2.05) is 0 Å². The third kappa shape index (κ3) is 4.11. The predicted molar refractivity (Wildman–Crippen MR) is 63.9 cm³/mol. The van der Waals surface area contributed by atoms with E-state index in [4.69, 9.17) is 10.8 Å². The Morgan fingerprint density at radius 3 is 2.63 bits per heavy atom. The van der Waals surface area contributed by atoms with E-state index in [0.29, 0.717) is 0 Å². The third-order valence-electron chi connectivity index (χ3n) is 2.01. The number of carbonyl (C=O) groups excluding carboxylic acids is 1. The Labute approximate surface area is 106 Å². The quantitative estimate of drug-likeness (QED) is 0.315. The summed E-state index contributed by atoms with van der Waals surface area (Å²) in [5.41, 5.74) is 4.15. The average molecular weight is 269 g/mol. The van der Waals surface area contributed by atoms with Gasteiger partial charge in [-0.1, -0.05) is 0 Å². The Morgan fingerprint density at radius 2 is 2.11 bits per heavy atom. The molecule has 2 amide bonds. The van der Waals surface area contributed by atoms with E-state index in [-0.39, 0.29) is 30.3 Å². The van der Waals surface area contributed by atoms with Crippen LogP contribution in [0.4, 0.5) is 16.3 Å². The highest BCUT2D eigenvalue weighted by Crippen LogP contribution is 2.21. The number of anilines is 1. The second-order valence-corrected chi connectivity index (χ2v) is 3.34. The molecule has 0 fully saturated rings. The summed E-state index contributed by atoms with van der Waals surface area (Å²) >= 11 is 0. The van der Waals surface area contributed by atoms with Gasteiger partial charge in [-0.3, -0.25) is 10.1 Å². The van der Waals surface area contributed by atoms with E-state index in [0.717, 1.165) is 12.1 Å². The lowest BCUT2D eigenvalue weighted by atomic mass is 10.3. The van der Waals surface area contributed by atoms with Crippen LogP contribution in [0.15, 0.2) is 12.1 Å². The Kier molecular flexibility index (Phi) is 4.57. The van der Waals surface area contributed by atoms with Gasteiger partial charge < -0.3 is 21.5 Å². The van der Waals surface area contributed by atoms with Crippen LogP contribution >= 0.6 is 0 Å². The van der Waals surface area contributed by atoms with Gasteiger partial charge in [0.2, 0.25) is 5.82 Å². The number of carboxylic acids is 1. The fraction of sp³-hybridized carbons (Fsp3) is 0.222. The maximum Gasteiger partial charge on any atom is 0.354 e. The van der Waals surface area contributed by atoms with Crippen molar-refractivity contribution >= 4 is 23.5 Å². The van der Waals surface area contributed by atoms with Crippen LogP contribution in [0, 0.1) is 10.1 Å². The number of urea groups is 1. The van der Waals surface area contributed by atoms with E-state index in [9.17, 15) is 19.7 Å². The molecule has 10 nitrogen and oxygen atoms in total. The number of aromatic carboxylic acids is 1. The molecule has 0 spiro atoms. The zero-order chi connectivity index (χ0) is 14.4. The monoisotopic (exact) mass is 269 g/mol. The first-order valence-corrected chi connectivity index (χ1v) is 5.07. The number of nitrogens with zero attached hydrogens (tertiary/aromatic N) is 2. The fourth-order valence-electron chi connectivity index (χ4n) is 1.21. The van der Waals surface area contributed by atoms with Gasteiger partial charge in [-0.25, -0.2) is 14.6 Å². The van der Waals surface area contributed by atoms with Gasteiger partial charge in [-0.05, 0) is 6.07 Å². The number of primary amides is 1. The number of amides is 2. The van der Waals surface area contributed by atoms with Crippen molar-refractivity contribution in [2.45, 2.75) is 0 Å². The first-order chi connectivity index (χ1) is 8.91. The second kappa shape index (κ2) is 6.14. The van der Waals surface area contributed by atoms with Crippen LogP contribution < -0.4 is 16.4 Å². The Bertz CT molecular complexity index is 518. The van der Waals surface area contributed by atoms with E-state index in [1.54, 1.807) is 0 Å². The third-order valence-corrected chi connectivity index (χ3v) is 2.01. The van der Waals surface area contributed by atoms with Gasteiger partial charge in [0.25, 0.3) is 0 Å². The molecule has 0 unspecified atom stereocenters. The van der Waals surface area contributed by atoms with Crippen molar-refractivity contribution in [3.8, 4) is 0 Å². The van der Waals surface area contributed by atoms with Gasteiger partial charge in [0.15, 0.2) is 5.69 Å². The maximum atomic E-state index is 10.7. The minimum Gasteiger partial charge on any atom is -0.477 e. The van der Waals surface area contributed by atoms with Crippen molar-refractivity contribution < 1.29 is 19.6 Å². The molecule has 1 rings (SSSR count). The molecule has 102 valence electrons. The van der Waals surface area contributed by atoms with Gasteiger partial charge in [-0.2, -0.15) is 0 Å². The highest BCUT2D eigenvalue weighted by Gasteiger charge is 2.17. The Morgan fingerprint density at radius 1 is 1.42 bits per heavy atom. The van der Waals surface area contributed by atoms with Crippen molar-refractivity contribution in [3.05, 3.63) is 27.9 Å². The minimum absolute atomic E-state index is 0.111. The summed E-state index contributed by atoms with van der Waals surface area (Å²) in [5.74, 6) is -1.48. The molecule has 0 aliphatic heterocycles. The molecule has 0 aliphatic carbocycles. The normalized spacial score (nSPS) is 9.68. The zero-order valence-electron chi connectivity index (χ0n) is 9.62. The first-order valence-electron chi connectivity index (χ1n) is 5.07. The molecule has 1 aromatic heterocycles. The fourth-order valence-corrected chi connectivity index (χ4v) is 1.21. The molecule has 0 bridgehead atoms. The van der Waals surface area contributed by atoms with Gasteiger partial charge in [0.05, 0.1) is 4.92 Å². The van der Waals surface area contributed by atoms with Gasteiger partial charge >= 0.3 is 17.7 Å². The maximum absolute atomic E-state index is 10.7. The second-order valence-electron chi connectivity index (χ2n) is 3.34. The molecule has 0 aromatic carbocycles. The summed E-state index contributed by atoms with van der Waals surface area (Å²) < 4.78 is 0. The lowest BCUT2D eigenvalue weighted by Crippen LogP contribution is -2.33. The van der Waals surface area contributed by atoms with Gasteiger partial charge in [0.1, 0.15) is 0 Å². The summed E-state index contributed by atoms with van der Waals surface area (Å²) in [5, 5.41) is 24.3. The zero-order valence-corrected chi connectivity index (χ0v) is 9.62. The topological polar surface area (TPSA) is 160 Å².